The molecule has 4 aliphatic rings. The number of benzene rings is 1. The molecule has 1 saturated carbocycles. The first kappa shape index (κ1) is 20.5. The van der Waals surface area contributed by atoms with Gasteiger partial charge in [-0.25, -0.2) is 0 Å². The summed E-state index contributed by atoms with van der Waals surface area (Å²) in [5.74, 6) is 0.830. The second-order valence-electron chi connectivity index (χ2n) is 10.7. The van der Waals surface area contributed by atoms with Gasteiger partial charge in [-0.15, -0.1) is 0 Å². The molecule has 3 heterocycles. The van der Waals surface area contributed by atoms with Crippen molar-refractivity contribution >= 4 is 18.5 Å². The topological polar surface area (TPSA) is 48.0 Å². The molecule has 2 atom stereocenters. The molecule has 162 valence electrons. The number of amides is 1. The van der Waals surface area contributed by atoms with Crippen LogP contribution >= 0.6 is 0 Å². The van der Waals surface area contributed by atoms with Crippen LogP contribution in [0.25, 0.3) is 0 Å². The first-order valence-corrected chi connectivity index (χ1v) is 11.6. The molecule has 1 amide bonds. The van der Waals surface area contributed by atoms with E-state index in [1.807, 2.05) is 4.90 Å². The summed E-state index contributed by atoms with van der Waals surface area (Å²) < 4.78 is 18.0. The molecule has 30 heavy (non-hydrogen) atoms. The summed E-state index contributed by atoms with van der Waals surface area (Å²) in [6.45, 7) is 10.8. The summed E-state index contributed by atoms with van der Waals surface area (Å²) in [6.07, 6.45) is 5.17. The Morgan fingerprint density at radius 1 is 1.03 bits per heavy atom. The average molecular weight is 411 g/mol. The molecule has 1 aromatic carbocycles. The van der Waals surface area contributed by atoms with Crippen molar-refractivity contribution in [2.75, 3.05) is 19.7 Å². The predicted molar refractivity (Wildman–Crippen MR) is 117 cm³/mol. The number of ether oxygens (including phenoxy) is 1. The molecule has 4 fully saturated rings. The Balaban J connectivity index is 1.19. The third-order valence-corrected chi connectivity index (χ3v) is 8.33. The van der Waals surface area contributed by atoms with E-state index < -0.39 is 0 Å². The molecule has 6 heteroatoms. The molecular weight excluding hydrogens is 377 g/mol. The first-order valence-electron chi connectivity index (χ1n) is 11.6. The molecule has 0 aromatic heterocycles. The second-order valence-corrected chi connectivity index (χ2v) is 10.7. The van der Waals surface area contributed by atoms with Crippen molar-refractivity contribution in [3.8, 4) is 0 Å². The highest BCUT2D eigenvalue weighted by Gasteiger charge is 2.56. The standard InChI is InChI=1S/C24H34BNO4/c1-22(2)23(3,4)30-25(29-22)18-9-7-17(8-10-18)19-16-24(19)11-13-26(14-12-24)21(27)20-6-5-15-28-20/h7-10,19-20H,5-6,11-16H2,1-4H3/t19-,20-/m1/s1. The van der Waals surface area contributed by atoms with Crippen LogP contribution in [0.5, 0.6) is 0 Å². The van der Waals surface area contributed by atoms with Gasteiger partial charge in [0.2, 0.25) is 0 Å². The van der Waals surface area contributed by atoms with Crippen LogP contribution in [0.4, 0.5) is 0 Å². The number of carbonyl (C=O) groups is 1. The summed E-state index contributed by atoms with van der Waals surface area (Å²) in [5, 5.41) is 0. The molecule has 0 unspecified atom stereocenters. The van der Waals surface area contributed by atoms with Crippen molar-refractivity contribution < 1.29 is 18.8 Å². The monoisotopic (exact) mass is 411 g/mol. The summed E-state index contributed by atoms with van der Waals surface area (Å²) in [6, 6.07) is 8.84. The first-order chi connectivity index (χ1) is 14.2. The van der Waals surface area contributed by atoms with Crippen LogP contribution < -0.4 is 5.46 Å². The molecule has 0 bridgehead atoms. The smallest absolute Gasteiger partial charge is 0.399 e. The van der Waals surface area contributed by atoms with E-state index >= 15 is 0 Å². The maximum absolute atomic E-state index is 12.6. The zero-order valence-electron chi connectivity index (χ0n) is 18.8. The van der Waals surface area contributed by atoms with Crippen LogP contribution in [-0.4, -0.2) is 54.9 Å². The third kappa shape index (κ3) is 3.41. The highest BCUT2D eigenvalue weighted by Crippen LogP contribution is 2.64. The van der Waals surface area contributed by atoms with Crippen molar-refractivity contribution in [1.82, 2.24) is 4.90 Å². The Hall–Kier alpha value is -1.37. The Kier molecular flexibility index (Phi) is 4.84. The minimum absolute atomic E-state index is 0.184. The molecule has 1 aliphatic carbocycles. The van der Waals surface area contributed by atoms with E-state index in [1.54, 1.807) is 0 Å². The highest BCUT2D eigenvalue weighted by atomic mass is 16.7. The van der Waals surface area contributed by atoms with Crippen molar-refractivity contribution in [2.24, 2.45) is 5.41 Å². The lowest BCUT2D eigenvalue weighted by Crippen LogP contribution is -2.44. The summed E-state index contributed by atoms with van der Waals surface area (Å²) in [5.41, 5.74) is 2.26. The van der Waals surface area contributed by atoms with E-state index in [9.17, 15) is 4.79 Å². The zero-order chi connectivity index (χ0) is 21.1. The van der Waals surface area contributed by atoms with Gasteiger partial charge in [-0.2, -0.15) is 0 Å². The van der Waals surface area contributed by atoms with Crippen LogP contribution in [0.15, 0.2) is 24.3 Å². The SMILES string of the molecule is CC1(C)OB(c2ccc([C@H]3CC34CCN(C(=O)[C@H]3CCCO3)CC4)cc2)OC1(C)C. The highest BCUT2D eigenvalue weighted by molar-refractivity contribution is 6.62. The maximum Gasteiger partial charge on any atom is 0.494 e. The van der Waals surface area contributed by atoms with Crippen molar-refractivity contribution in [3.63, 3.8) is 0 Å². The molecule has 5 rings (SSSR count). The minimum atomic E-state index is -0.314. The van der Waals surface area contributed by atoms with E-state index in [4.69, 9.17) is 14.0 Å². The average Bonchev–Trinajstić information content (AvgIpc) is 3.06. The quantitative estimate of drug-likeness (QED) is 0.717. The fourth-order valence-electron chi connectivity index (χ4n) is 5.38. The summed E-state index contributed by atoms with van der Waals surface area (Å²) in [7, 11) is -0.302. The number of carbonyl (C=O) groups excluding carboxylic acids is 1. The van der Waals surface area contributed by atoms with Gasteiger partial charge < -0.3 is 18.9 Å². The number of piperidine rings is 1. The lowest BCUT2D eigenvalue weighted by atomic mass is 9.78. The maximum atomic E-state index is 12.6. The van der Waals surface area contributed by atoms with Gasteiger partial charge in [-0.1, -0.05) is 24.3 Å². The number of likely N-dealkylation sites (tertiary alicyclic amines) is 1. The van der Waals surface area contributed by atoms with E-state index in [1.165, 1.54) is 12.0 Å². The van der Waals surface area contributed by atoms with Crippen LogP contribution in [-0.2, 0) is 18.8 Å². The third-order valence-electron chi connectivity index (χ3n) is 8.33. The Bertz CT molecular complexity index is 791. The molecule has 5 nitrogen and oxygen atoms in total. The Labute approximate surface area is 180 Å². The molecule has 3 saturated heterocycles. The van der Waals surface area contributed by atoms with E-state index in [0.717, 1.165) is 50.8 Å². The second kappa shape index (κ2) is 7.08. The fraction of sp³-hybridized carbons (Fsp3) is 0.708. The van der Waals surface area contributed by atoms with Crippen LogP contribution in [0.3, 0.4) is 0 Å². The molecule has 0 radical (unpaired) electrons. The number of nitrogens with zero attached hydrogens (tertiary/aromatic N) is 1. The largest absolute Gasteiger partial charge is 0.494 e. The fourth-order valence-corrected chi connectivity index (χ4v) is 5.38. The number of hydrogen-bond acceptors (Lipinski definition) is 4. The van der Waals surface area contributed by atoms with Crippen molar-refractivity contribution in [1.29, 1.82) is 0 Å². The molecule has 1 aromatic rings. The van der Waals surface area contributed by atoms with Gasteiger partial charge >= 0.3 is 7.12 Å². The van der Waals surface area contributed by atoms with Crippen LogP contribution in [0, 0.1) is 5.41 Å². The van der Waals surface area contributed by atoms with Gasteiger partial charge in [0, 0.05) is 19.7 Å². The van der Waals surface area contributed by atoms with Crippen LogP contribution in [0.1, 0.15) is 71.3 Å². The van der Waals surface area contributed by atoms with Crippen molar-refractivity contribution in [3.05, 3.63) is 29.8 Å². The van der Waals surface area contributed by atoms with Gasteiger partial charge in [0.15, 0.2) is 0 Å². The summed E-state index contributed by atoms with van der Waals surface area (Å²) in [4.78, 5) is 14.7. The normalized spacial score (nSPS) is 31.3. The number of rotatable bonds is 3. The Morgan fingerprint density at radius 2 is 1.67 bits per heavy atom. The van der Waals surface area contributed by atoms with Gasteiger partial charge in [0.05, 0.1) is 11.2 Å². The van der Waals surface area contributed by atoms with E-state index in [-0.39, 0.29) is 30.3 Å². The van der Waals surface area contributed by atoms with E-state index in [2.05, 4.69) is 52.0 Å². The van der Waals surface area contributed by atoms with Gasteiger partial charge in [0.1, 0.15) is 6.10 Å². The molecule has 3 aliphatic heterocycles. The van der Waals surface area contributed by atoms with Gasteiger partial charge in [-0.05, 0) is 82.2 Å². The van der Waals surface area contributed by atoms with Crippen molar-refractivity contribution in [2.45, 2.75) is 83.0 Å². The zero-order valence-corrected chi connectivity index (χ0v) is 18.8. The predicted octanol–water partition coefficient (Wildman–Crippen LogP) is 3.26. The number of hydrogen-bond donors (Lipinski definition) is 0. The molecule has 0 N–H and O–H groups in total. The van der Waals surface area contributed by atoms with E-state index in [0.29, 0.717) is 11.3 Å². The molecule has 1 spiro atoms. The lowest BCUT2D eigenvalue weighted by molar-refractivity contribution is -0.142. The summed E-state index contributed by atoms with van der Waals surface area (Å²) >= 11 is 0. The minimum Gasteiger partial charge on any atom is -0.399 e. The van der Waals surface area contributed by atoms with Gasteiger partial charge in [0.25, 0.3) is 5.91 Å². The van der Waals surface area contributed by atoms with Gasteiger partial charge in [-0.3, -0.25) is 4.79 Å². The lowest BCUT2D eigenvalue weighted by Gasteiger charge is -2.34. The Morgan fingerprint density at radius 3 is 2.23 bits per heavy atom. The van der Waals surface area contributed by atoms with Crippen LogP contribution in [0.2, 0.25) is 0 Å². The molecular formula is C24H34BNO4.